The molecule has 0 bridgehead atoms. The molecule has 1 atom stereocenters. The molecule has 2 rings (SSSR count). The lowest BCUT2D eigenvalue weighted by Gasteiger charge is -2.09. The summed E-state index contributed by atoms with van der Waals surface area (Å²) in [6.45, 7) is 1.93. The first-order chi connectivity index (χ1) is 9.15. The van der Waals surface area contributed by atoms with Crippen molar-refractivity contribution in [2.75, 3.05) is 0 Å². The highest BCUT2D eigenvalue weighted by atomic mass is 35.5. The van der Waals surface area contributed by atoms with Gasteiger partial charge in [0.15, 0.2) is 0 Å². The first-order valence-electron chi connectivity index (χ1n) is 5.79. The molecule has 98 valence electrons. The minimum absolute atomic E-state index is 0.0490. The van der Waals surface area contributed by atoms with E-state index in [2.05, 4.69) is 10.3 Å². The number of rotatable bonds is 4. The minimum Gasteiger partial charge on any atom is -0.345 e. The van der Waals surface area contributed by atoms with E-state index in [9.17, 15) is 4.79 Å². The van der Waals surface area contributed by atoms with Gasteiger partial charge in [-0.3, -0.25) is 9.78 Å². The molecule has 1 amide bonds. The third-order valence-electron chi connectivity index (χ3n) is 2.51. The number of pyridine rings is 1. The molecule has 2 heterocycles. The number of halogens is 1. The highest BCUT2D eigenvalue weighted by molar-refractivity contribution is 7.16. The smallest absolute Gasteiger partial charge is 0.244 e. The molecule has 0 aromatic carbocycles. The fraction of sp³-hybridized carbons (Fsp3) is 0.143. The number of carbonyl (C=O) groups excluding carboxylic acids is 1. The van der Waals surface area contributed by atoms with Crippen LogP contribution in [-0.2, 0) is 4.79 Å². The number of hydrogen-bond donors (Lipinski definition) is 1. The van der Waals surface area contributed by atoms with Crippen LogP contribution in [0.2, 0.25) is 4.34 Å². The number of thiophene rings is 1. The molecule has 5 heteroatoms. The van der Waals surface area contributed by atoms with Gasteiger partial charge in [-0.15, -0.1) is 11.3 Å². The van der Waals surface area contributed by atoms with Crippen molar-refractivity contribution < 1.29 is 4.79 Å². The molecule has 2 aromatic heterocycles. The van der Waals surface area contributed by atoms with Crippen LogP contribution in [0, 0.1) is 0 Å². The van der Waals surface area contributed by atoms with Gasteiger partial charge in [-0.1, -0.05) is 11.6 Å². The molecule has 0 aliphatic heterocycles. The Labute approximate surface area is 120 Å². The average molecular weight is 293 g/mol. The molecule has 3 nitrogen and oxygen atoms in total. The molecule has 0 spiro atoms. The largest absolute Gasteiger partial charge is 0.345 e. The molecular weight excluding hydrogens is 280 g/mol. The lowest BCUT2D eigenvalue weighted by Crippen LogP contribution is -2.23. The van der Waals surface area contributed by atoms with Crippen LogP contribution in [0.1, 0.15) is 23.4 Å². The van der Waals surface area contributed by atoms with Gasteiger partial charge in [-0.25, -0.2) is 0 Å². The topological polar surface area (TPSA) is 42.0 Å². The Morgan fingerprint density at radius 1 is 1.37 bits per heavy atom. The van der Waals surface area contributed by atoms with Crippen LogP contribution in [0.15, 0.2) is 42.7 Å². The molecule has 0 aliphatic rings. The molecule has 1 unspecified atom stereocenters. The molecule has 0 fully saturated rings. The van der Waals surface area contributed by atoms with Crippen molar-refractivity contribution in [3.05, 3.63) is 57.5 Å². The highest BCUT2D eigenvalue weighted by Crippen LogP contribution is 2.26. The van der Waals surface area contributed by atoms with Crippen LogP contribution >= 0.6 is 22.9 Å². The van der Waals surface area contributed by atoms with Crippen LogP contribution in [0.25, 0.3) is 6.08 Å². The van der Waals surface area contributed by atoms with Crippen LogP contribution < -0.4 is 5.32 Å². The van der Waals surface area contributed by atoms with E-state index in [1.807, 2.05) is 31.2 Å². The Bertz CT molecular complexity index is 580. The van der Waals surface area contributed by atoms with Crippen molar-refractivity contribution in [1.82, 2.24) is 10.3 Å². The summed E-state index contributed by atoms with van der Waals surface area (Å²) in [5.41, 5.74) is 0.942. The lowest BCUT2D eigenvalue weighted by molar-refractivity contribution is -0.117. The lowest BCUT2D eigenvalue weighted by atomic mass is 10.2. The number of aromatic nitrogens is 1. The van der Waals surface area contributed by atoms with Crippen LogP contribution in [-0.4, -0.2) is 10.9 Å². The highest BCUT2D eigenvalue weighted by Gasteiger charge is 2.09. The summed E-state index contributed by atoms with van der Waals surface area (Å²) in [6.07, 6.45) is 6.65. The number of amides is 1. The Morgan fingerprint density at radius 3 is 2.74 bits per heavy atom. The summed E-state index contributed by atoms with van der Waals surface area (Å²) in [5, 5.41) is 2.89. The van der Waals surface area contributed by atoms with Crippen molar-refractivity contribution in [2.45, 2.75) is 13.0 Å². The van der Waals surface area contributed by atoms with E-state index >= 15 is 0 Å². The third-order valence-corrected chi connectivity index (χ3v) is 3.93. The van der Waals surface area contributed by atoms with Crippen molar-refractivity contribution >= 4 is 34.9 Å². The maximum atomic E-state index is 11.8. The molecule has 0 radical (unpaired) electrons. The second-order valence-electron chi connectivity index (χ2n) is 3.99. The van der Waals surface area contributed by atoms with Gasteiger partial charge >= 0.3 is 0 Å². The molecule has 0 saturated carbocycles. The zero-order valence-corrected chi connectivity index (χ0v) is 11.9. The van der Waals surface area contributed by atoms with Gasteiger partial charge in [-0.05, 0) is 42.8 Å². The standard InChI is InChI=1S/C14H13ClN2OS/c1-10(12-3-4-13(15)19-12)17-14(18)5-2-11-6-8-16-9-7-11/h2-10H,1H3,(H,17,18)/b5-2+. The normalized spacial score (nSPS) is 12.5. The monoisotopic (exact) mass is 292 g/mol. The molecule has 1 N–H and O–H groups in total. The van der Waals surface area contributed by atoms with Gasteiger partial charge in [0.1, 0.15) is 0 Å². The van der Waals surface area contributed by atoms with E-state index in [1.165, 1.54) is 17.4 Å². The maximum absolute atomic E-state index is 11.8. The van der Waals surface area contributed by atoms with Gasteiger partial charge in [0.2, 0.25) is 5.91 Å². The zero-order valence-electron chi connectivity index (χ0n) is 10.3. The third kappa shape index (κ3) is 4.19. The number of nitrogens with zero attached hydrogens (tertiary/aromatic N) is 1. The van der Waals surface area contributed by atoms with E-state index in [1.54, 1.807) is 18.5 Å². The molecule has 19 heavy (non-hydrogen) atoms. The van der Waals surface area contributed by atoms with Crippen molar-refractivity contribution in [3.63, 3.8) is 0 Å². The zero-order chi connectivity index (χ0) is 13.7. The Morgan fingerprint density at radius 2 is 2.11 bits per heavy atom. The SMILES string of the molecule is CC(NC(=O)/C=C/c1ccncc1)c1ccc(Cl)s1. The predicted molar refractivity (Wildman–Crippen MR) is 79.2 cm³/mol. The van der Waals surface area contributed by atoms with Gasteiger partial charge in [0, 0.05) is 23.3 Å². The van der Waals surface area contributed by atoms with Crippen molar-refractivity contribution in [2.24, 2.45) is 0 Å². The fourth-order valence-electron chi connectivity index (χ4n) is 1.54. The Hall–Kier alpha value is -1.65. The Balaban J connectivity index is 1.93. The molecule has 0 saturated heterocycles. The summed E-state index contributed by atoms with van der Waals surface area (Å²) in [5.74, 6) is -0.131. The molecular formula is C14H13ClN2OS. The van der Waals surface area contributed by atoms with E-state index in [-0.39, 0.29) is 11.9 Å². The quantitative estimate of drug-likeness (QED) is 0.873. The maximum Gasteiger partial charge on any atom is 0.244 e. The van der Waals surface area contributed by atoms with Gasteiger partial charge in [0.25, 0.3) is 0 Å². The Kier molecular flexibility index (Phi) is 4.71. The van der Waals surface area contributed by atoms with Crippen molar-refractivity contribution in [3.8, 4) is 0 Å². The van der Waals surface area contributed by atoms with Crippen LogP contribution in [0.4, 0.5) is 0 Å². The number of carbonyl (C=O) groups is 1. The number of hydrogen-bond acceptors (Lipinski definition) is 3. The predicted octanol–water partition coefficient (Wildman–Crippen LogP) is 3.69. The van der Waals surface area contributed by atoms with Gasteiger partial charge in [0.05, 0.1) is 10.4 Å². The average Bonchev–Trinajstić information content (AvgIpc) is 2.84. The second-order valence-corrected chi connectivity index (χ2v) is 5.73. The summed E-state index contributed by atoms with van der Waals surface area (Å²) >= 11 is 7.34. The van der Waals surface area contributed by atoms with E-state index in [0.717, 1.165) is 14.8 Å². The summed E-state index contributed by atoms with van der Waals surface area (Å²) in [4.78, 5) is 16.7. The first-order valence-corrected chi connectivity index (χ1v) is 6.98. The molecule has 2 aromatic rings. The minimum atomic E-state index is -0.131. The first kappa shape index (κ1) is 13.8. The van der Waals surface area contributed by atoms with Crippen molar-refractivity contribution in [1.29, 1.82) is 0 Å². The second kappa shape index (κ2) is 6.50. The van der Waals surface area contributed by atoms with E-state index in [4.69, 9.17) is 11.6 Å². The summed E-state index contributed by atoms with van der Waals surface area (Å²) < 4.78 is 0.725. The van der Waals surface area contributed by atoms with Crippen LogP contribution in [0.5, 0.6) is 0 Å². The van der Waals surface area contributed by atoms with E-state index in [0.29, 0.717) is 0 Å². The fourth-order valence-corrected chi connectivity index (χ4v) is 2.60. The summed E-state index contributed by atoms with van der Waals surface area (Å²) in [6, 6.07) is 7.38. The van der Waals surface area contributed by atoms with E-state index < -0.39 is 0 Å². The number of nitrogens with one attached hydrogen (secondary N) is 1. The van der Waals surface area contributed by atoms with Gasteiger partial charge < -0.3 is 5.32 Å². The molecule has 0 aliphatic carbocycles. The van der Waals surface area contributed by atoms with Gasteiger partial charge in [-0.2, -0.15) is 0 Å². The summed E-state index contributed by atoms with van der Waals surface area (Å²) in [7, 11) is 0. The van der Waals surface area contributed by atoms with Crippen LogP contribution in [0.3, 0.4) is 0 Å².